The first-order valence-electron chi connectivity index (χ1n) is 7.76. The Morgan fingerprint density at radius 1 is 1.43 bits per heavy atom. The molecule has 1 heterocycles. The van der Waals surface area contributed by atoms with Crippen molar-refractivity contribution in [1.82, 2.24) is 10.3 Å². The van der Waals surface area contributed by atoms with Gasteiger partial charge in [-0.2, -0.15) is 0 Å². The summed E-state index contributed by atoms with van der Waals surface area (Å²) in [4.78, 5) is 15.6. The average Bonchev–Trinajstić information content (AvgIpc) is 2.86. The number of fused-ring (bicyclic) bond motifs is 1. The summed E-state index contributed by atoms with van der Waals surface area (Å²) in [6.07, 6.45) is 6.86. The molecule has 0 unspecified atom stereocenters. The Morgan fingerprint density at radius 3 is 2.86 bits per heavy atom. The van der Waals surface area contributed by atoms with Crippen molar-refractivity contribution in [3.8, 4) is 0 Å². The SMILES string of the molecule is CCC1(NC(=O)[C@@H](N)Cc2c[nH]c3ccccc23)CCC1. The van der Waals surface area contributed by atoms with E-state index in [0.29, 0.717) is 6.42 Å². The second kappa shape index (κ2) is 5.53. The van der Waals surface area contributed by atoms with E-state index < -0.39 is 6.04 Å². The topological polar surface area (TPSA) is 70.9 Å². The van der Waals surface area contributed by atoms with Gasteiger partial charge in [0.15, 0.2) is 0 Å². The van der Waals surface area contributed by atoms with E-state index in [9.17, 15) is 4.79 Å². The number of rotatable bonds is 5. The van der Waals surface area contributed by atoms with Gasteiger partial charge >= 0.3 is 0 Å². The maximum Gasteiger partial charge on any atom is 0.237 e. The summed E-state index contributed by atoms with van der Waals surface area (Å²) in [5, 5.41) is 4.31. The lowest BCUT2D eigenvalue weighted by atomic mass is 9.74. The molecule has 1 atom stereocenters. The summed E-state index contributed by atoms with van der Waals surface area (Å²) in [6, 6.07) is 7.60. The standard InChI is InChI=1S/C17H23N3O/c1-2-17(8-5-9-17)20-16(21)14(18)10-12-11-19-15-7-4-3-6-13(12)15/h3-4,6-7,11,14,19H,2,5,8-10,18H2,1H3,(H,20,21)/t14-/m0/s1. The van der Waals surface area contributed by atoms with Crippen LogP contribution in [0.3, 0.4) is 0 Å². The number of amides is 1. The molecular weight excluding hydrogens is 262 g/mol. The van der Waals surface area contributed by atoms with Crippen molar-refractivity contribution in [3.05, 3.63) is 36.0 Å². The number of hydrogen-bond acceptors (Lipinski definition) is 2. The third-order valence-corrected chi connectivity index (χ3v) is 4.83. The molecule has 1 fully saturated rings. The summed E-state index contributed by atoms with van der Waals surface area (Å²) in [5.41, 5.74) is 8.31. The van der Waals surface area contributed by atoms with Crippen LogP contribution in [0.2, 0.25) is 0 Å². The highest BCUT2D eigenvalue weighted by Gasteiger charge is 2.37. The Morgan fingerprint density at radius 2 is 2.19 bits per heavy atom. The number of benzene rings is 1. The number of nitrogens with one attached hydrogen (secondary N) is 2. The molecule has 0 radical (unpaired) electrons. The summed E-state index contributed by atoms with van der Waals surface area (Å²) in [5.74, 6) is -0.0261. The molecule has 4 nitrogen and oxygen atoms in total. The molecule has 2 aromatic rings. The van der Waals surface area contributed by atoms with E-state index in [1.165, 1.54) is 6.42 Å². The zero-order chi connectivity index (χ0) is 14.9. The number of hydrogen-bond donors (Lipinski definition) is 3. The molecule has 1 amide bonds. The normalized spacial score (nSPS) is 18.2. The van der Waals surface area contributed by atoms with Crippen molar-refractivity contribution in [2.45, 2.75) is 50.6 Å². The van der Waals surface area contributed by atoms with E-state index in [2.05, 4.69) is 23.3 Å². The Labute approximate surface area is 125 Å². The van der Waals surface area contributed by atoms with Crippen LogP contribution in [0.4, 0.5) is 0 Å². The fraction of sp³-hybridized carbons (Fsp3) is 0.471. The molecule has 1 aliphatic rings. The largest absolute Gasteiger partial charge is 0.361 e. The maximum atomic E-state index is 12.3. The number of aromatic amines is 1. The maximum absolute atomic E-state index is 12.3. The van der Waals surface area contributed by atoms with E-state index in [-0.39, 0.29) is 11.4 Å². The predicted molar refractivity (Wildman–Crippen MR) is 85.0 cm³/mol. The minimum atomic E-state index is -0.492. The van der Waals surface area contributed by atoms with Gasteiger partial charge in [-0.05, 0) is 43.7 Å². The van der Waals surface area contributed by atoms with Crippen LogP contribution in [0, 0.1) is 0 Å². The molecule has 0 bridgehead atoms. The van der Waals surface area contributed by atoms with Gasteiger partial charge in [-0.25, -0.2) is 0 Å². The minimum Gasteiger partial charge on any atom is -0.361 e. The third kappa shape index (κ3) is 2.68. The van der Waals surface area contributed by atoms with Crippen molar-refractivity contribution in [3.63, 3.8) is 0 Å². The van der Waals surface area contributed by atoms with Crippen molar-refractivity contribution in [1.29, 1.82) is 0 Å². The number of nitrogens with two attached hydrogens (primary N) is 1. The van der Waals surface area contributed by atoms with Crippen molar-refractivity contribution < 1.29 is 4.79 Å². The van der Waals surface area contributed by atoms with Crippen LogP contribution in [0.25, 0.3) is 10.9 Å². The first kappa shape index (κ1) is 14.1. The highest BCUT2D eigenvalue weighted by atomic mass is 16.2. The second-order valence-corrected chi connectivity index (χ2v) is 6.15. The lowest BCUT2D eigenvalue weighted by Crippen LogP contribution is -2.57. The number of H-pyrrole nitrogens is 1. The lowest BCUT2D eigenvalue weighted by molar-refractivity contribution is -0.125. The van der Waals surface area contributed by atoms with E-state index in [4.69, 9.17) is 5.73 Å². The van der Waals surface area contributed by atoms with Crippen LogP contribution in [0.5, 0.6) is 0 Å². The molecule has 1 aliphatic carbocycles. The van der Waals surface area contributed by atoms with Crippen LogP contribution in [0.15, 0.2) is 30.5 Å². The first-order chi connectivity index (χ1) is 10.1. The Balaban J connectivity index is 1.68. The van der Waals surface area contributed by atoms with Crippen LogP contribution in [0.1, 0.15) is 38.2 Å². The molecule has 21 heavy (non-hydrogen) atoms. The number of aromatic nitrogens is 1. The smallest absolute Gasteiger partial charge is 0.237 e. The Hall–Kier alpha value is -1.81. The zero-order valence-electron chi connectivity index (χ0n) is 12.5. The van der Waals surface area contributed by atoms with Gasteiger partial charge in [0.2, 0.25) is 5.91 Å². The minimum absolute atomic E-state index is 0.00885. The molecule has 4 N–H and O–H groups in total. The van der Waals surface area contributed by atoms with Crippen molar-refractivity contribution in [2.24, 2.45) is 5.73 Å². The fourth-order valence-corrected chi connectivity index (χ4v) is 3.15. The van der Waals surface area contributed by atoms with Gasteiger partial charge in [0.05, 0.1) is 6.04 Å². The van der Waals surface area contributed by atoms with E-state index >= 15 is 0 Å². The fourth-order valence-electron chi connectivity index (χ4n) is 3.15. The van der Waals surface area contributed by atoms with Crippen LogP contribution in [-0.2, 0) is 11.2 Å². The van der Waals surface area contributed by atoms with Gasteiger partial charge in [-0.3, -0.25) is 4.79 Å². The number of para-hydroxylation sites is 1. The summed E-state index contributed by atoms with van der Waals surface area (Å²) in [7, 11) is 0. The van der Waals surface area contributed by atoms with Crippen LogP contribution in [-0.4, -0.2) is 22.5 Å². The zero-order valence-corrected chi connectivity index (χ0v) is 12.5. The van der Waals surface area contributed by atoms with Gasteiger partial charge < -0.3 is 16.0 Å². The lowest BCUT2D eigenvalue weighted by Gasteiger charge is -2.42. The summed E-state index contributed by atoms with van der Waals surface area (Å²) < 4.78 is 0. The summed E-state index contributed by atoms with van der Waals surface area (Å²) in [6.45, 7) is 2.13. The average molecular weight is 285 g/mol. The Bertz CT molecular complexity index is 637. The van der Waals surface area contributed by atoms with Gasteiger partial charge in [0, 0.05) is 22.6 Å². The van der Waals surface area contributed by atoms with Crippen LogP contribution >= 0.6 is 0 Å². The monoisotopic (exact) mass is 285 g/mol. The second-order valence-electron chi connectivity index (χ2n) is 6.15. The number of carbonyl (C=O) groups excluding carboxylic acids is 1. The highest BCUT2D eigenvalue weighted by molar-refractivity contribution is 5.86. The Kier molecular flexibility index (Phi) is 3.72. The molecule has 4 heteroatoms. The molecule has 1 aromatic carbocycles. The summed E-state index contributed by atoms with van der Waals surface area (Å²) >= 11 is 0. The highest BCUT2D eigenvalue weighted by Crippen LogP contribution is 2.34. The van der Waals surface area contributed by atoms with Crippen molar-refractivity contribution in [2.75, 3.05) is 0 Å². The van der Waals surface area contributed by atoms with Gasteiger partial charge in [0.25, 0.3) is 0 Å². The third-order valence-electron chi connectivity index (χ3n) is 4.83. The molecule has 0 spiro atoms. The van der Waals surface area contributed by atoms with E-state index in [1.807, 2.05) is 24.4 Å². The first-order valence-corrected chi connectivity index (χ1v) is 7.76. The quantitative estimate of drug-likeness (QED) is 0.790. The molecule has 0 saturated heterocycles. The molecular formula is C17H23N3O. The van der Waals surface area contributed by atoms with Crippen LogP contribution < -0.4 is 11.1 Å². The molecule has 3 rings (SSSR count). The van der Waals surface area contributed by atoms with Gasteiger partial charge in [-0.15, -0.1) is 0 Å². The van der Waals surface area contributed by atoms with E-state index in [0.717, 1.165) is 35.7 Å². The van der Waals surface area contributed by atoms with E-state index in [1.54, 1.807) is 0 Å². The predicted octanol–water partition coefficient (Wildman–Crippen LogP) is 2.49. The van der Waals surface area contributed by atoms with Gasteiger partial charge in [-0.1, -0.05) is 25.1 Å². The van der Waals surface area contributed by atoms with Crippen molar-refractivity contribution >= 4 is 16.8 Å². The molecule has 1 saturated carbocycles. The molecule has 0 aliphatic heterocycles. The number of carbonyl (C=O) groups is 1. The molecule has 1 aromatic heterocycles. The van der Waals surface area contributed by atoms with Gasteiger partial charge in [0.1, 0.15) is 0 Å². The molecule has 112 valence electrons.